The van der Waals surface area contributed by atoms with E-state index in [9.17, 15) is 0 Å². The summed E-state index contributed by atoms with van der Waals surface area (Å²) in [5, 5.41) is 6.55. The van der Waals surface area contributed by atoms with E-state index in [0.717, 1.165) is 34.5 Å². The molecule has 1 aromatic heterocycles. The van der Waals surface area contributed by atoms with E-state index in [2.05, 4.69) is 31.6 Å². The van der Waals surface area contributed by atoms with Gasteiger partial charge in [0, 0.05) is 26.0 Å². The first-order chi connectivity index (χ1) is 11.1. The molecule has 0 radical (unpaired) electrons. The lowest BCUT2D eigenvalue weighted by atomic mass is 10.2. The van der Waals surface area contributed by atoms with E-state index in [0.29, 0.717) is 13.2 Å². The van der Waals surface area contributed by atoms with E-state index >= 15 is 0 Å². The van der Waals surface area contributed by atoms with Crippen LogP contribution >= 0.6 is 11.3 Å². The Morgan fingerprint density at radius 2 is 2.26 bits per heavy atom. The van der Waals surface area contributed by atoms with Crippen LogP contribution in [0.1, 0.15) is 23.2 Å². The van der Waals surface area contributed by atoms with Crippen molar-refractivity contribution in [3.8, 4) is 5.75 Å². The standard InChI is InChI=1S/C17H24N4OS/c1-5-22-16-8-6-7-14(9-16)10-19-17(18-3)21(4)11-15-12-23-13(2)20-15/h6-9,12H,5,10-11H2,1-4H3,(H,18,19). The third kappa shape index (κ3) is 5.25. The third-order valence-corrected chi connectivity index (χ3v) is 4.12. The molecule has 0 saturated heterocycles. The predicted octanol–water partition coefficient (Wildman–Crippen LogP) is 3.06. The van der Waals surface area contributed by atoms with Crippen molar-refractivity contribution in [1.82, 2.24) is 15.2 Å². The van der Waals surface area contributed by atoms with Crippen LogP contribution in [0.15, 0.2) is 34.6 Å². The number of aromatic nitrogens is 1. The summed E-state index contributed by atoms with van der Waals surface area (Å²) in [6.07, 6.45) is 0. The number of nitrogens with one attached hydrogen (secondary N) is 1. The summed E-state index contributed by atoms with van der Waals surface area (Å²) < 4.78 is 5.53. The first-order valence-corrected chi connectivity index (χ1v) is 8.55. The Hall–Kier alpha value is -2.08. The Labute approximate surface area is 142 Å². The van der Waals surface area contributed by atoms with E-state index in [4.69, 9.17) is 4.74 Å². The molecule has 0 fully saturated rings. The molecule has 0 atom stereocenters. The number of benzene rings is 1. The second-order valence-electron chi connectivity index (χ2n) is 5.20. The second-order valence-corrected chi connectivity index (χ2v) is 6.26. The van der Waals surface area contributed by atoms with Gasteiger partial charge < -0.3 is 15.0 Å². The molecule has 23 heavy (non-hydrogen) atoms. The van der Waals surface area contributed by atoms with Crippen LogP contribution in [0.2, 0.25) is 0 Å². The van der Waals surface area contributed by atoms with Gasteiger partial charge in [-0.2, -0.15) is 0 Å². The number of ether oxygens (including phenoxy) is 1. The van der Waals surface area contributed by atoms with Crippen molar-refractivity contribution in [3.63, 3.8) is 0 Å². The summed E-state index contributed by atoms with van der Waals surface area (Å²) in [5.41, 5.74) is 2.23. The van der Waals surface area contributed by atoms with Gasteiger partial charge in [-0.15, -0.1) is 11.3 Å². The molecule has 6 heteroatoms. The molecule has 0 aliphatic carbocycles. The minimum atomic E-state index is 0.675. The van der Waals surface area contributed by atoms with Crippen molar-refractivity contribution >= 4 is 17.3 Å². The minimum absolute atomic E-state index is 0.675. The zero-order valence-corrected chi connectivity index (χ0v) is 15.0. The maximum atomic E-state index is 5.53. The summed E-state index contributed by atoms with van der Waals surface area (Å²) in [6, 6.07) is 8.10. The molecule has 0 unspecified atom stereocenters. The lowest BCUT2D eigenvalue weighted by molar-refractivity contribution is 0.340. The van der Waals surface area contributed by atoms with Crippen LogP contribution < -0.4 is 10.1 Å². The molecule has 0 amide bonds. The van der Waals surface area contributed by atoms with Crippen molar-refractivity contribution in [1.29, 1.82) is 0 Å². The summed E-state index contributed by atoms with van der Waals surface area (Å²) in [6.45, 7) is 6.12. The van der Waals surface area contributed by atoms with Gasteiger partial charge in [-0.1, -0.05) is 12.1 Å². The molecule has 0 bridgehead atoms. The fourth-order valence-corrected chi connectivity index (χ4v) is 2.88. The van der Waals surface area contributed by atoms with Gasteiger partial charge in [-0.25, -0.2) is 4.98 Å². The van der Waals surface area contributed by atoms with Crippen LogP contribution in [0.4, 0.5) is 0 Å². The van der Waals surface area contributed by atoms with Gasteiger partial charge in [-0.3, -0.25) is 4.99 Å². The molecule has 0 aliphatic rings. The molecule has 0 saturated carbocycles. The first-order valence-electron chi connectivity index (χ1n) is 7.67. The molecule has 5 nitrogen and oxygen atoms in total. The van der Waals surface area contributed by atoms with Crippen molar-refractivity contribution < 1.29 is 4.74 Å². The van der Waals surface area contributed by atoms with Gasteiger partial charge in [0.15, 0.2) is 5.96 Å². The molecule has 124 valence electrons. The van der Waals surface area contributed by atoms with Crippen molar-refractivity contribution in [2.45, 2.75) is 26.9 Å². The zero-order valence-electron chi connectivity index (χ0n) is 14.2. The van der Waals surface area contributed by atoms with Crippen LogP contribution in [-0.4, -0.2) is 36.5 Å². The topological polar surface area (TPSA) is 49.8 Å². The molecule has 1 aromatic carbocycles. The maximum absolute atomic E-state index is 5.53. The van der Waals surface area contributed by atoms with E-state index in [1.807, 2.05) is 39.1 Å². The predicted molar refractivity (Wildman–Crippen MR) is 96.1 cm³/mol. The maximum Gasteiger partial charge on any atom is 0.194 e. The summed E-state index contributed by atoms with van der Waals surface area (Å²) in [7, 11) is 3.81. The number of guanidine groups is 1. The van der Waals surface area contributed by atoms with Crippen molar-refractivity contribution in [2.24, 2.45) is 4.99 Å². The largest absolute Gasteiger partial charge is 0.494 e. The average molecular weight is 332 g/mol. The lowest BCUT2D eigenvalue weighted by Gasteiger charge is -2.21. The van der Waals surface area contributed by atoms with Crippen molar-refractivity contribution in [3.05, 3.63) is 45.9 Å². The highest BCUT2D eigenvalue weighted by Gasteiger charge is 2.08. The van der Waals surface area contributed by atoms with Gasteiger partial charge in [-0.05, 0) is 31.5 Å². The van der Waals surface area contributed by atoms with Crippen LogP contribution in [0.3, 0.4) is 0 Å². The van der Waals surface area contributed by atoms with Gasteiger partial charge in [0.2, 0.25) is 0 Å². The Balaban J connectivity index is 1.93. The molecule has 0 spiro atoms. The fraction of sp³-hybridized carbons (Fsp3) is 0.412. The molecular formula is C17H24N4OS. The highest BCUT2D eigenvalue weighted by Crippen LogP contribution is 2.13. The first kappa shape index (κ1) is 17.3. The molecule has 2 rings (SSSR count). The van der Waals surface area contributed by atoms with Gasteiger partial charge in [0.05, 0.1) is 23.9 Å². The van der Waals surface area contributed by atoms with Crippen molar-refractivity contribution in [2.75, 3.05) is 20.7 Å². The number of nitrogens with zero attached hydrogens (tertiary/aromatic N) is 3. The van der Waals surface area contributed by atoms with E-state index in [1.165, 1.54) is 0 Å². The normalized spacial score (nSPS) is 11.4. The Morgan fingerprint density at radius 1 is 1.43 bits per heavy atom. The Kier molecular flexibility index (Phi) is 6.40. The molecule has 1 heterocycles. The highest BCUT2D eigenvalue weighted by atomic mass is 32.1. The summed E-state index contributed by atoms with van der Waals surface area (Å²) >= 11 is 1.67. The fourth-order valence-electron chi connectivity index (χ4n) is 2.28. The number of hydrogen-bond donors (Lipinski definition) is 1. The summed E-state index contributed by atoms with van der Waals surface area (Å²) in [4.78, 5) is 10.9. The molecule has 0 aliphatic heterocycles. The van der Waals surface area contributed by atoms with Gasteiger partial charge in [0.1, 0.15) is 5.75 Å². The quantitative estimate of drug-likeness (QED) is 0.652. The van der Waals surface area contributed by atoms with Crippen LogP contribution in [0, 0.1) is 6.92 Å². The number of aryl methyl sites for hydroxylation is 1. The average Bonchev–Trinajstić information content (AvgIpc) is 2.93. The van der Waals surface area contributed by atoms with Crippen LogP contribution in [0.25, 0.3) is 0 Å². The molecular weight excluding hydrogens is 308 g/mol. The lowest BCUT2D eigenvalue weighted by Crippen LogP contribution is -2.38. The smallest absolute Gasteiger partial charge is 0.194 e. The van der Waals surface area contributed by atoms with Crippen LogP contribution in [0.5, 0.6) is 5.75 Å². The highest BCUT2D eigenvalue weighted by molar-refractivity contribution is 7.09. The summed E-state index contributed by atoms with van der Waals surface area (Å²) in [5.74, 6) is 1.74. The number of aliphatic imine (C=N–C) groups is 1. The Morgan fingerprint density at radius 3 is 2.91 bits per heavy atom. The second kappa shape index (κ2) is 8.53. The van der Waals surface area contributed by atoms with Gasteiger partial charge in [0.25, 0.3) is 0 Å². The minimum Gasteiger partial charge on any atom is -0.494 e. The number of thiazole rings is 1. The number of hydrogen-bond acceptors (Lipinski definition) is 4. The van der Waals surface area contributed by atoms with Crippen LogP contribution in [-0.2, 0) is 13.1 Å². The van der Waals surface area contributed by atoms with E-state index in [1.54, 1.807) is 18.4 Å². The SMILES string of the molecule is CCOc1cccc(CNC(=NC)N(C)Cc2csc(C)n2)c1. The third-order valence-electron chi connectivity index (χ3n) is 3.30. The zero-order chi connectivity index (χ0) is 16.7. The van der Waals surface area contributed by atoms with Gasteiger partial charge >= 0.3 is 0 Å². The molecule has 2 aromatic rings. The van der Waals surface area contributed by atoms with E-state index < -0.39 is 0 Å². The molecule has 1 N–H and O–H groups in total. The van der Waals surface area contributed by atoms with E-state index in [-0.39, 0.29) is 0 Å². The monoisotopic (exact) mass is 332 g/mol. The Bertz CT molecular complexity index is 654. The number of rotatable bonds is 6.